The summed E-state index contributed by atoms with van der Waals surface area (Å²) in [5, 5.41) is 49.0. The number of rotatable bonds is 6. The van der Waals surface area contributed by atoms with Gasteiger partial charge >= 0.3 is 17.1 Å². The summed E-state index contributed by atoms with van der Waals surface area (Å²) < 4.78 is 54.0. The van der Waals surface area contributed by atoms with Gasteiger partial charge in [0.05, 0.1) is 12.2 Å². The van der Waals surface area contributed by atoms with E-state index < -0.39 is 135 Å². The monoisotopic (exact) mass is 953 g/mol. The van der Waals surface area contributed by atoms with E-state index in [-0.39, 0.29) is 0 Å². The van der Waals surface area contributed by atoms with E-state index in [0.717, 1.165) is 38.1 Å². The zero-order valence-electron chi connectivity index (χ0n) is 37.5. The second-order valence-corrected chi connectivity index (χ2v) is 17.8. The number of aldehydes is 1. The zero-order chi connectivity index (χ0) is 50.1. The van der Waals surface area contributed by atoms with Crippen LogP contribution < -0.4 is 33.7 Å². The molecule has 5 N–H and O–H groups in total. The van der Waals surface area contributed by atoms with E-state index >= 15 is 0 Å². The first-order valence-electron chi connectivity index (χ1n) is 20.9. The first kappa shape index (κ1) is 49.6. The van der Waals surface area contributed by atoms with E-state index in [0.29, 0.717) is 6.29 Å². The van der Waals surface area contributed by atoms with E-state index in [9.17, 15) is 59.6 Å². The Morgan fingerprint density at radius 1 is 0.529 bits per heavy atom. The van der Waals surface area contributed by atoms with Crippen molar-refractivity contribution >= 4 is 6.29 Å². The van der Waals surface area contributed by atoms with E-state index in [1.807, 2.05) is 23.2 Å². The Morgan fingerprint density at radius 3 is 1.10 bits per heavy atom. The van der Waals surface area contributed by atoms with Crippen LogP contribution in [0.2, 0.25) is 0 Å². The summed E-state index contributed by atoms with van der Waals surface area (Å²) in [4.78, 5) is 87.5. The first-order chi connectivity index (χ1) is 31.7. The molecule has 6 fully saturated rings. The molecule has 364 valence electrons. The minimum atomic E-state index is -1.90. The van der Waals surface area contributed by atoms with Gasteiger partial charge in [-0.3, -0.25) is 43.0 Å². The number of nitriles is 3. The lowest BCUT2D eigenvalue weighted by molar-refractivity contribution is -0.225. The van der Waals surface area contributed by atoms with E-state index in [1.165, 1.54) is 26.2 Å². The van der Waals surface area contributed by atoms with Crippen molar-refractivity contribution in [3.8, 4) is 18.2 Å². The maximum atomic E-state index is 12.1. The predicted molar refractivity (Wildman–Crippen MR) is 220 cm³/mol. The van der Waals surface area contributed by atoms with Crippen LogP contribution in [0.1, 0.15) is 55.4 Å². The van der Waals surface area contributed by atoms with Crippen molar-refractivity contribution in [1.82, 2.24) is 28.7 Å². The normalized spacial score (nSPS) is 36.2. The Labute approximate surface area is 382 Å². The maximum Gasteiger partial charge on any atom is 0.331 e. The minimum absolute atomic E-state index is 0.498. The lowest BCUT2D eigenvalue weighted by Crippen LogP contribution is -2.50. The number of H-pyrrole nitrogens is 3. The molecule has 0 bridgehead atoms. The molecule has 68 heavy (non-hydrogen) atoms. The summed E-state index contributed by atoms with van der Waals surface area (Å²) in [7, 11) is 0. The Morgan fingerprint density at radius 2 is 0.824 bits per heavy atom. The van der Waals surface area contributed by atoms with Crippen molar-refractivity contribution in [1.29, 1.82) is 15.8 Å². The second-order valence-electron chi connectivity index (χ2n) is 17.8. The van der Waals surface area contributed by atoms with Crippen molar-refractivity contribution in [2.75, 3.05) is 0 Å². The van der Waals surface area contributed by atoms with Crippen molar-refractivity contribution in [3.05, 3.63) is 99.3 Å². The molecule has 0 spiro atoms. The quantitative estimate of drug-likeness (QED) is 0.152. The van der Waals surface area contributed by atoms with Crippen molar-refractivity contribution < 1.29 is 57.6 Å². The molecule has 6 aliphatic rings. The van der Waals surface area contributed by atoms with Gasteiger partial charge in [0.1, 0.15) is 54.8 Å². The highest BCUT2D eigenvalue weighted by atomic mass is 16.8. The Hall–Kier alpha value is -6.26. The topological polar surface area (TPSA) is 377 Å². The fraction of sp³-hybridized carbons (Fsp3) is 0.610. The van der Waals surface area contributed by atoms with Gasteiger partial charge < -0.3 is 57.6 Å². The van der Waals surface area contributed by atoms with E-state index in [1.54, 1.807) is 41.5 Å². The van der Waals surface area contributed by atoms with Crippen LogP contribution in [-0.4, -0.2) is 130 Å². The molecule has 6 saturated heterocycles. The molecule has 0 radical (unpaired) electrons. The summed E-state index contributed by atoms with van der Waals surface area (Å²) in [6, 6.07) is 9.07. The molecule has 3 aromatic rings. The smallest absolute Gasteiger partial charge is 0.331 e. The number of aliphatic hydroxyl groups is 2. The Bertz CT molecular complexity index is 2820. The summed E-state index contributed by atoms with van der Waals surface area (Å²) in [5.74, 6) is -3.03. The highest BCUT2D eigenvalue weighted by molar-refractivity contribution is 5.59. The average molecular weight is 954 g/mol. The Balaban J connectivity index is 0.000000151. The first-order valence-corrected chi connectivity index (χ1v) is 20.9. The van der Waals surface area contributed by atoms with Crippen molar-refractivity contribution in [2.24, 2.45) is 0 Å². The summed E-state index contributed by atoms with van der Waals surface area (Å²) in [6.45, 7) is 12.9. The highest BCUT2D eigenvalue weighted by Crippen LogP contribution is 2.49. The van der Waals surface area contributed by atoms with Crippen LogP contribution in [0.4, 0.5) is 0 Å². The third kappa shape index (κ3) is 8.39. The van der Waals surface area contributed by atoms with Crippen LogP contribution in [-0.2, 0) is 64.6 Å². The molecule has 0 aliphatic carbocycles. The number of hydrogen-bond acceptors (Lipinski definition) is 21. The van der Waals surface area contributed by atoms with Crippen LogP contribution in [0.25, 0.3) is 0 Å². The van der Waals surface area contributed by atoms with Crippen LogP contribution in [0, 0.1) is 34.0 Å². The molecule has 27 heteroatoms. The van der Waals surface area contributed by atoms with Gasteiger partial charge in [0.2, 0.25) is 0 Å². The third-order valence-electron chi connectivity index (χ3n) is 11.6. The number of aromatic nitrogens is 6. The molecular formula is C41H47N9O18. The molecular weight excluding hydrogens is 906 g/mol. The molecule has 27 nitrogen and oxygen atoms in total. The van der Waals surface area contributed by atoms with Gasteiger partial charge in [0, 0.05) is 36.8 Å². The number of ether oxygens (including phenoxy) is 9. The number of carbonyl (C=O) groups excluding carboxylic acids is 1. The molecule has 0 saturated carbocycles. The van der Waals surface area contributed by atoms with Gasteiger partial charge in [-0.25, -0.2) is 14.4 Å². The average Bonchev–Trinajstić information content (AvgIpc) is 4.06. The lowest BCUT2D eigenvalue weighted by atomic mass is 10.0. The molecule has 6 aliphatic heterocycles. The Kier molecular flexibility index (Phi) is 12.7. The molecule has 0 unspecified atom stereocenters. The number of carbonyl (C=O) groups is 1. The molecule has 14 atom stereocenters. The zero-order valence-corrected chi connectivity index (χ0v) is 37.5. The van der Waals surface area contributed by atoms with Crippen molar-refractivity contribution in [2.45, 2.75) is 157 Å². The maximum absolute atomic E-state index is 12.1. The van der Waals surface area contributed by atoms with E-state index in [4.69, 9.17) is 42.6 Å². The van der Waals surface area contributed by atoms with Crippen LogP contribution >= 0.6 is 0 Å². The minimum Gasteiger partial charge on any atom is -0.391 e. The predicted octanol–water partition coefficient (Wildman–Crippen LogP) is -3.14. The number of aliphatic hydroxyl groups excluding tert-OH is 2. The van der Waals surface area contributed by atoms with E-state index in [2.05, 4.69) is 9.97 Å². The lowest BCUT2D eigenvalue weighted by Gasteiger charge is -2.30. The van der Waals surface area contributed by atoms with Crippen LogP contribution in [0.5, 0.6) is 0 Å². The van der Waals surface area contributed by atoms with Gasteiger partial charge in [-0.2, -0.15) is 15.8 Å². The number of aromatic amines is 3. The van der Waals surface area contributed by atoms with Gasteiger partial charge in [-0.05, 0) is 55.4 Å². The fourth-order valence-electron chi connectivity index (χ4n) is 8.92. The number of hydrogen-bond donors (Lipinski definition) is 5. The number of nitrogens with one attached hydrogen (secondary N) is 3. The largest absolute Gasteiger partial charge is 0.391 e. The molecule has 3 aromatic heterocycles. The number of nitrogens with zero attached hydrogens (tertiary/aromatic N) is 6. The van der Waals surface area contributed by atoms with Gasteiger partial charge in [-0.1, -0.05) is 0 Å². The summed E-state index contributed by atoms with van der Waals surface area (Å²) in [5.41, 5.74) is -9.84. The van der Waals surface area contributed by atoms with Gasteiger partial charge in [0.15, 0.2) is 42.0 Å². The van der Waals surface area contributed by atoms with Gasteiger partial charge in [0.25, 0.3) is 33.9 Å². The SMILES string of the molecule is CC1(C)O[C@H]2[C@@H](O1)[C@](C#N)(n1ccc(=O)[nH]c1=O)O[C@@H]2C=O.C[C@@H](O)[C@H]1O[C@@](C#N)(n2ccc(=O)[nH]c2=O)[C@@H]2OC(C)(C)O[C@H]12.C[C@H](O)[C@H]1O[C@@](C#N)(n2ccc(=O)[nH]c2=O)[C@@H]2OC(C)(C)O[C@H]12. The summed E-state index contributed by atoms with van der Waals surface area (Å²) in [6.07, 6.45) is -5.89. The molecule has 0 aromatic carbocycles. The fourth-order valence-corrected chi connectivity index (χ4v) is 8.92. The highest BCUT2D eigenvalue weighted by Gasteiger charge is 2.68. The molecule has 0 amide bonds. The van der Waals surface area contributed by atoms with Gasteiger partial charge in [-0.15, -0.1) is 0 Å². The van der Waals surface area contributed by atoms with Crippen molar-refractivity contribution in [3.63, 3.8) is 0 Å². The van der Waals surface area contributed by atoms with Crippen LogP contribution in [0.15, 0.2) is 65.6 Å². The second kappa shape index (κ2) is 17.4. The standard InChI is InChI=1S/2C14H17N3O6.C13H13N3O6/c2*1-7(18)9-10-11(23-13(2,3)21-10)14(6-15,22-9)17-5-4-8(19)16-12(17)20;1-12(2)21-9-7(5-17)20-13(6-14,10(9)22-12)16-4-3-8(18)15-11(16)19/h2*4-5,7,9-11,18H,1-3H3,(H,16,19,20);3-5,7,9-10H,1-2H3,(H,15,18,19)/t7-,9+,10+,11+,14+;7-,9-,10-,11-,14-;7-,9-,10-,13-/m011/s1. The number of fused-ring (bicyclic) bond motifs is 3. The summed E-state index contributed by atoms with van der Waals surface area (Å²) >= 11 is 0. The van der Waals surface area contributed by atoms with Crippen LogP contribution in [0.3, 0.4) is 0 Å². The third-order valence-corrected chi connectivity index (χ3v) is 11.6. The molecule has 9 rings (SSSR count). The molecule has 9 heterocycles.